The molecule has 0 aromatic carbocycles. The van der Waals surface area contributed by atoms with Crippen LogP contribution >= 0.6 is 0 Å². The van der Waals surface area contributed by atoms with Gasteiger partial charge in [0.1, 0.15) is 6.61 Å². The summed E-state index contributed by atoms with van der Waals surface area (Å²) in [7, 11) is 0. The molecule has 0 saturated heterocycles. The zero-order valence-corrected chi connectivity index (χ0v) is 14.4. The van der Waals surface area contributed by atoms with Gasteiger partial charge in [-0.05, 0) is 19.8 Å². The lowest BCUT2D eigenvalue weighted by molar-refractivity contribution is -0.140. The smallest absolute Gasteiger partial charge is 0.333 e. The number of esters is 1. The minimum atomic E-state index is -1.01. The fraction of sp³-hybridized carbons (Fsp3) is 0.667. The first-order chi connectivity index (χ1) is 11.0. The number of carbonyl (C=O) groups is 2. The summed E-state index contributed by atoms with van der Waals surface area (Å²) in [4.78, 5) is 22.2. The summed E-state index contributed by atoms with van der Waals surface area (Å²) >= 11 is 0. The Bertz CT molecular complexity index is 398. The first-order valence-electron chi connectivity index (χ1n) is 8.31. The number of hydrogen-bond donors (Lipinski definition) is 1. The van der Waals surface area contributed by atoms with Crippen LogP contribution in [0.4, 0.5) is 0 Å². The van der Waals surface area contributed by atoms with Crippen molar-refractivity contribution < 1.29 is 24.2 Å². The monoisotopic (exact) mass is 326 g/mol. The average molecular weight is 326 g/mol. The van der Waals surface area contributed by atoms with Crippen LogP contribution in [0.5, 0.6) is 0 Å². The highest BCUT2D eigenvalue weighted by molar-refractivity contribution is 5.89. The van der Waals surface area contributed by atoms with Gasteiger partial charge in [-0.25, -0.2) is 9.59 Å². The van der Waals surface area contributed by atoms with Crippen molar-refractivity contribution >= 4 is 11.9 Å². The van der Waals surface area contributed by atoms with E-state index in [1.165, 1.54) is 45.1 Å². The Labute approximate surface area is 139 Å². The molecule has 0 radical (unpaired) electrons. The van der Waals surface area contributed by atoms with E-state index in [4.69, 9.17) is 14.6 Å². The molecule has 0 aromatic heterocycles. The molecule has 5 heteroatoms. The first kappa shape index (κ1) is 21.4. The third kappa shape index (κ3) is 12.6. The summed E-state index contributed by atoms with van der Waals surface area (Å²) in [5, 5.41) is 8.71. The molecule has 0 bridgehead atoms. The molecule has 0 unspecified atom stereocenters. The number of hydrogen-bond acceptors (Lipinski definition) is 4. The van der Waals surface area contributed by atoms with Gasteiger partial charge in [-0.2, -0.15) is 0 Å². The third-order valence-electron chi connectivity index (χ3n) is 3.38. The number of aliphatic carboxylic acids is 1. The molecule has 0 fully saturated rings. The first-order valence-corrected chi connectivity index (χ1v) is 8.31. The van der Waals surface area contributed by atoms with Crippen molar-refractivity contribution in [3.8, 4) is 0 Å². The Hall–Kier alpha value is -1.62. The quantitative estimate of drug-likeness (QED) is 0.298. The Morgan fingerprint density at radius 2 is 1.70 bits per heavy atom. The second-order valence-corrected chi connectivity index (χ2v) is 5.52. The summed E-state index contributed by atoms with van der Waals surface area (Å²) in [6, 6.07) is 0. The van der Waals surface area contributed by atoms with E-state index in [1.807, 2.05) is 0 Å². The molecule has 23 heavy (non-hydrogen) atoms. The van der Waals surface area contributed by atoms with Gasteiger partial charge in [-0.1, -0.05) is 51.7 Å². The highest BCUT2D eigenvalue weighted by Gasteiger charge is 2.08. The van der Waals surface area contributed by atoms with Crippen LogP contribution in [0.15, 0.2) is 23.8 Å². The van der Waals surface area contributed by atoms with Gasteiger partial charge < -0.3 is 14.6 Å². The van der Waals surface area contributed by atoms with Crippen LogP contribution < -0.4 is 0 Å². The fourth-order valence-corrected chi connectivity index (χ4v) is 1.83. The van der Waals surface area contributed by atoms with Crippen LogP contribution in [0.2, 0.25) is 0 Å². The Balaban J connectivity index is 3.58. The summed E-state index contributed by atoms with van der Waals surface area (Å²) in [5.41, 5.74) is 0.419. The van der Waals surface area contributed by atoms with Gasteiger partial charge >= 0.3 is 11.9 Å². The number of rotatable bonds is 14. The molecule has 0 aliphatic rings. The van der Waals surface area contributed by atoms with E-state index >= 15 is 0 Å². The second kappa shape index (κ2) is 14.0. The van der Waals surface area contributed by atoms with E-state index in [0.717, 1.165) is 6.42 Å². The lowest BCUT2D eigenvalue weighted by atomic mass is 10.1. The predicted octanol–water partition coefficient (Wildman–Crippen LogP) is 3.88. The topological polar surface area (TPSA) is 72.8 Å². The van der Waals surface area contributed by atoms with E-state index in [-0.39, 0.29) is 24.2 Å². The van der Waals surface area contributed by atoms with Crippen LogP contribution in [0, 0.1) is 0 Å². The van der Waals surface area contributed by atoms with Crippen molar-refractivity contribution in [3.63, 3.8) is 0 Å². The Morgan fingerprint density at radius 3 is 2.35 bits per heavy atom. The summed E-state index contributed by atoms with van der Waals surface area (Å²) in [6.07, 6.45) is 8.90. The van der Waals surface area contributed by atoms with E-state index < -0.39 is 11.9 Å². The maximum Gasteiger partial charge on any atom is 0.333 e. The molecule has 0 saturated carbocycles. The van der Waals surface area contributed by atoms with E-state index in [1.54, 1.807) is 0 Å². The van der Waals surface area contributed by atoms with Gasteiger partial charge in [0.25, 0.3) is 0 Å². The average Bonchev–Trinajstić information content (AvgIpc) is 2.53. The maximum atomic E-state index is 11.6. The van der Waals surface area contributed by atoms with Crippen molar-refractivity contribution in [3.05, 3.63) is 23.8 Å². The molecule has 0 atom stereocenters. The number of ether oxygens (including phenoxy) is 2. The highest BCUT2D eigenvalue weighted by Crippen LogP contribution is 2.06. The van der Waals surface area contributed by atoms with Gasteiger partial charge in [0.05, 0.1) is 6.61 Å². The van der Waals surface area contributed by atoms with Crippen molar-refractivity contribution in [2.45, 2.75) is 58.8 Å². The normalized spacial score (nSPS) is 11.3. The van der Waals surface area contributed by atoms with Crippen LogP contribution in [-0.4, -0.2) is 36.9 Å². The third-order valence-corrected chi connectivity index (χ3v) is 3.38. The summed E-state index contributed by atoms with van der Waals surface area (Å²) < 4.78 is 10.4. The van der Waals surface area contributed by atoms with Crippen molar-refractivity contribution in [1.29, 1.82) is 0 Å². The van der Waals surface area contributed by atoms with Gasteiger partial charge in [-0.3, -0.25) is 0 Å². The number of carboxylic acids is 1. The van der Waals surface area contributed by atoms with Gasteiger partial charge in [-0.15, -0.1) is 0 Å². The van der Waals surface area contributed by atoms with Gasteiger partial charge in [0.2, 0.25) is 0 Å². The zero-order valence-electron chi connectivity index (χ0n) is 14.4. The van der Waals surface area contributed by atoms with Crippen LogP contribution in [0.3, 0.4) is 0 Å². The molecule has 0 rings (SSSR count). The number of carboxylic acid groups (broad SMARTS) is 1. The minimum absolute atomic E-state index is 0.176. The molecule has 0 aromatic rings. The standard InChI is InChI=1S/C18H30O5/c1-4-5-6-7-8-9-12-22-13-14-23-18(21)16(3)11-10-15(2)17(19)20/h10H,3-9,11-14H2,1-2H3,(H,19,20). The molecule has 0 heterocycles. The van der Waals surface area contributed by atoms with Crippen LogP contribution in [0.1, 0.15) is 58.8 Å². The molecular weight excluding hydrogens is 296 g/mol. The summed E-state index contributed by atoms with van der Waals surface area (Å²) in [5.74, 6) is -1.52. The number of allylic oxidation sites excluding steroid dienone is 1. The lowest BCUT2D eigenvalue weighted by Gasteiger charge is -2.07. The largest absolute Gasteiger partial charge is 0.478 e. The van der Waals surface area contributed by atoms with Crippen molar-refractivity contribution in [2.75, 3.05) is 19.8 Å². The molecule has 5 nitrogen and oxygen atoms in total. The minimum Gasteiger partial charge on any atom is -0.478 e. The predicted molar refractivity (Wildman–Crippen MR) is 90.3 cm³/mol. The van der Waals surface area contributed by atoms with E-state index in [0.29, 0.717) is 13.2 Å². The Kier molecular flexibility index (Phi) is 13.0. The van der Waals surface area contributed by atoms with Crippen molar-refractivity contribution in [1.82, 2.24) is 0 Å². The number of carbonyl (C=O) groups excluding carboxylic acids is 1. The Morgan fingerprint density at radius 1 is 1.04 bits per heavy atom. The second-order valence-electron chi connectivity index (χ2n) is 5.52. The molecular formula is C18H30O5. The van der Waals surface area contributed by atoms with Gasteiger partial charge in [0.15, 0.2) is 0 Å². The SMILES string of the molecule is C=C(CC=C(C)C(=O)O)C(=O)OCCOCCCCCCCC. The van der Waals surface area contributed by atoms with Gasteiger partial charge in [0, 0.05) is 17.8 Å². The van der Waals surface area contributed by atoms with E-state index in [2.05, 4.69) is 13.5 Å². The van der Waals surface area contributed by atoms with Crippen LogP contribution in [-0.2, 0) is 19.1 Å². The van der Waals surface area contributed by atoms with Crippen LogP contribution in [0.25, 0.3) is 0 Å². The molecule has 0 amide bonds. The lowest BCUT2D eigenvalue weighted by Crippen LogP contribution is -2.12. The highest BCUT2D eigenvalue weighted by atomic mass is 16.6. The maximum absolute atomic E-state index is 11.6. The van der Waals surface area contributed by atoms with Crippen molar-refractivity contribution in [2.24, 2.45) is 0 Å². The number of unbranched alkanes of at least 4 members (excludes halogenated alkanes) is 5. The molecule has 0 spiro atoms. The van der Waals surface area contributed by atoms with E-state index in [9.17, 15) is 9.59 Å². The molecule has 1 N–H and O–H groups in total. The molecule has 132 valence electrons. The fourth-order valence-electron chi connectivity index (χ4n) is 1.83. The summed E-state index contributed by atoms with van der Waals surface area (Å²) in [6.45, 7) is 8.51. The zero-order chi connectivity index (χ0) is 17.5. The molecule has 0 aliphatic heterocycles. The molecule has 0 aliphatic carbocycles.